The molecule has 0 aliphatic rings. The Morgan fingerprint density at radius 3 is 2.59 bits per heavy atom. The second-order valence-corrected chi connectivity index (χ2v) is 7.06. The van der Waals surface area contributed by atoms with E-state index in [1.165, 1.54) is 0 Å². The number of amides is 1. The third-order valence-corrected chi connectivity index (χ3v) is 4.81. The summed E-state index contributed by atoms with van der Waals surface area (Å²) in [5.41, 5.74) is 4.36. The summed E-state index contributed by atoms with van der Waals surface area (Å²) in [6, 6.07) is 15.3. The summed E-state index contributed by atoms with van der Waals surface area (Å²) in [6.45, 7) is 3.54. The van der Waals surface area contributed by atoms with Crippen LogP contribution in [0, 0.1) is 6.92 Å². The Morgan fingerprint density at radius 2 is 1.86 bits per heavy atom. The van der Waals surface area contributed by atoms with Gasteiger partial charge in [0.1, 0.15) is 12.4 Å². The van der Waals surface area contributed by atoms with Crippen molar-refractivity contribution in [2.24, 2.45) is 7.05 Å². The minimum absolute atomic E-state index is 0.0374. The van der Waals surface area contributed by atoms with Crippen molar-refractivity contribution < 1.29 is 9.59 Å². The topological polar surface area (TPSA) is 81.8 Å². The molecule has 0 fully saturated rings. The van der Waals surface area contributed by atoms with Gasteiger partial charge >= 0.3 is 0 Å². The number of fused-ring (bicyclic) bond motifs is 1. The predicted octanol–water partition coefficient (Wildman–Crippen LogP) is 3.59. The van der Waals surface area contributed by atoms with Crippen molar-refractivity contribution in [2.75, 3.05) is 5.32 Å². The number of ketones is 1. The molecule has 0 spiro atoms. The fraction of sp³-hybridized carbons (Fsp3) is 0.182. The van der Waals surface area contributed by atoms with E-state index in [0.717, 1.165) is 27.7 Å². The summed E-state index contributed by atoms with van der Waals surface area (Å²) in [5.74, 6) is 0.517. The number of aryl methyl sites for hydroxylation is 2. The lowest BCUT2D eigenvalue weighted by molar-refractivity contribution is -0.116. The van der Waals surface area contributed by atoms with Crippen LogP contribution in [0.25, 0.3) is 22.0 Å². The van der Waals surface area contributed by atoms with Gasteiger partial charge in [0.2, 0.25) is 5.91 Å². The van der Waals surface area contributed by atoms with Gasteiger partial charge in [0, 0.05) is 24.1 Å². The molecule has 7 heteroatoms. The van der Waals surface area contributed by atoms with Gasteiger partial charge in [-0.05, 0) is 43.2 Å². The normalized spacial score (nSPS) is 11.0. The van der Waals surface area contributed by atoms with Crippen LogP contribution in [0.3, 0.4) is 0 Å². The van der Waals surface area contributed by atoms with E-state index in [2.05, 4.69) is 15.5 Å². The molecule has 0 bridgehead atoms. The molecule has 2 heterocycles. The Morgan fingerprint density at radius 1 is 1.07 bits per heavy atom. The Kier molecular flexibility index (Phi) is 4.72. The van der Waals surface area contributed by atoms with Crippen LogP contribution < -0.4 is 5.32 Å². The third-order valence-electron chi connectivity index (χ3n) is 4.81. The fourth-order valence-electron chi connectivity index (χ4n) is 3.36. The molecule has 1 N–H and O–H groups in total. The molecule has 0 aliphatic carbocycles. The Hall–Kier alpha value is -3.74. The predicted molar refractivity (Wildman–Crippen MR) is 112 cm³/mol. The van der Waals surface area contributed by atoms with Crippen LogP contribution in [-0.4, -0.2) is 31.3 Å². The van der Waals surface area contributed by atoms with E-state index >= 15 is 0 Å². The number of aromatic nitrogens is 4. The van der Waals surface area contributed by atoms with Crippen LogP contribution >= 0.6 is 0 Å². The fourth-order valence-corrected chi connectivity index (χ4v) is 3.36. The van der Waals surface area contributed by atoms with Gasteiger partial charge in [-0.15, -0.1) is 0 Å². The molecule has 2 aromatic heterocycles. The number of rotatable bonds is 5. The number of nitrogens with zero attached hydrogens (tertiary/aromatic N) is 4. The lowest BCUT2D eigenvalue weighted by atomic mass is 10.0. The van der Waals surface area contributed by atoms with Crippen LogP contribution in [0.15, 0.2) is 54.7 Å². The number of anilines is 1. The highest BCUT2D eigenvalue weighted by Crippen LogP contribution is 2.25. The van der Waals surface area contributed by atoms with Gasteiger partial charge in [-0.25, -0.2) is 0 Å². The average Bonchev–Trinajstić information content (AvgIpc) is 3.23. The van der Waals surface area contributed by atoms with Crippen molar-refractivity contribution in [1.29, 1.82) is 0 Å². The number of carbonyl (C=O) groups excluding carboxylic acids is 2. The van der Waals surface area contributed by atoms with Crippen LogP contribution in [0.2, 0.25) is 0 Å². The molecule has 146 valence electrons. The van der Waals surface area contributed by atoms with Gasteiger partial charge in [0.15, 0.2) is 5.78 Å². The van der Waals surface area contributed by atoms with E-state index in [1.54, 1.807) is 29.5 Å². The van der Waals surface area contributed by atoms with E-state index in [-0.39, 0.29) is 18.2 Å². The van der Waals surface area contributed by atoms with Gasteiger partial charge in [0.05, 0.1) is 17.4 Å². The first kappa shape index (κ1) is 18.6. The average molecular weight is 387 g/mol. The maximum absolute atomic E-state index is 12.4. The molecule has 0 radical (unpaired) electrons. The number of nitrogens with one attached hydrogen (secondary N) is 1. The van der Waals surface area contributed by atoms with E-state index in [1.807, 2.05) is 55.5 Å². The quantitative estimate of drug-likeness (QED) is 0.531. The summed E-state index contributed by atoms with van der Waals surface area (Å²) >= 11 is 0. The molecular weight excluding hydrogens is 366 g/mol. The summed E-state index contributed by atoms with van der Waals surface area (Å²) < 4.78 is 3.31. The maximum atomic E-state index is 12.4. The second kappa shape index (κ2) is 7.35. The summed E-state index contributed by atoms with van der Waals surface area (Å²) in [4.78, 5) is 24.1. The first-order valence-corrected chi connectivity index (χ1v) is 9.28. The third kappa shape index (κ3) is 3.80. The number of carbonyl (C=O) groups is 2. The van der Waals surface area contributed by atoms with Crippen molar-refractivity contribution in [3.05, 3.63) is 66.0 Å². The zero-order valence-electron chi connectivity index (χ0n) is 16.5. The van der Waals surface area contributed by atoms with Gasteiger partial charge in [-0.2, -0.15) is 10.2 Å². The minimum atomic E-state index is -0.170. The molecule has 4 rings (SSSR count). The summed E-state index contributed by atoms with van der Waals surface area (Å²) in [5, 5.41) is 12.4. The standard InChI is InChI=1S/C22H21N5O2/c1-14-9-21(26(3)25-14)24-22(29)13-27-20-8-7-18(11-19(20)12-23-27)17-6-4-5-16(10-17)15(2)28/h4-12H,13H2,1-3H3,(H,24,29). The van der Waals surface area contributed by atoms with Crippen LogP contribution in [0.5, 0.6) is 0 Å². The highest BCUT2D eigenvalue weighted by atomic mass is 16.2. The minimum Gasteiger partial charge on any atom is -0.309 e. The van der Waals surface area contributed by atoms with E-state index < -0.39 is 0 Å². The molecule has 4 aromatic rings. The first-order valence-electron chi connectivity index (χ1n) is 9.28. The lowest BCUT2D eigenvalue weighted by Crippen LogP contribution is -2.20. The molecular formula is C22H21N5O2. The van der Waals surface area contributed by atoms with Gasteiger partial charge in [-0.1, -0.05) is 24.3 Å². The first-order chi connectivity index (χ1) is 13.9. The highest BCUT2D eigenvalue weighted by molar-refractivity contribution is 5.96. The molecule has 1 amide bonds. The molecule has 0 unspecified atom stereocenters. The molecule has 7 nitrogen and oxygen atoms in total. The molecule has 29 heavy (non-hydrogen) atoms. The monoisotopic (exact) mass is 387 g/mol. The van der Waals surface area contributed by atoms with Crippen molar-refractivity contribution in [3.8, 4) is 11.1 Å². The smallest absolute Gasteiger partial charge is 0.247 e. The number of Topliss-reactive ketones (excluding diaryl/α,β-unsaturated/α-hetero) is 1. The van der Waals surface area contributed by atoms with Crippen molar-refractivity contribution in [3.63, 3.8) is 0 Å². The highest BCUT2D eigenvalue weighted by Gasteiger charge is 2.11. The number of benzene rings is 2. The lowest BCUT2D eigenvalue weighted by Gasteiger charge is -2.07. The van der Waals surface area contributed by atoms with E-state index in [4.69, 9.17) is 0 Å². The molecule has 0 saturated heterocycles. The van der Waals surface area contributed by atoms with Crippen LogP contribution in [0.1, 0.15) is 23.0 Å². The van der Waals surface area contributed by atoms with Crippen LogP contribution in [0.4, 0.5) is 5.82 Å². The van der Waals surface area contributed by atoms with Crippen molar-refractivity contribution in [1.82, 2.24) is 19.6 Å². The molecule has 0 atom stereocenters. The number of hydrogen-bond donors (Lipinski definition) is 1. The van der Waals surface area contributed by atoms with Gasteiger partial charge in [-0.3, -0.25) is 19.0 Å². The zero-order valence-corrected chi connectivity index (χ0v) is 16.5. The molecule has 0 saturated carbocycles. The van der Waals surface area contributed by atoms with Gasteiger partial charge in [0.25, 0.3) is 0 Å². The van der Waals surface area contributed by atoms with Crippen molar-refractivity contribution in [2.45, 2.75) is 20.4 Å². The maximum Gasteiger partial charge on any atom is 0.247 e. The van der Waals surface area contributed by atoms with Crippen molar-refractivity contribution >= 4 is 28.4 Å². The van der Waals surface area contributed by atoms with E-state index in [0.29, 0.717) is 11.4 Å². The second-order valence-electron chi connectivity index (χ2n) is 7.06. The molecule has 2 aromatic carbocycles. The zero-order chi connectivity index (χ0) is 20.5. The Balaban J connectivity index is 1.57. The van der Waals surface area contributed by atoms with E-state index in [9.17, 15) is 9.59 Å². The van der Waals surface area contributed by atoms with Crippen LogP contribution in [-0.2, 0) is 18.4 Å². The van der Waals surface area contributed by atoms with Gasteiger partial charge < -0.3 is 5.32 Å². The Bertz CT molecular complexity index is 1240. The number of hydrogen-bond acceptors (Lipinski definition) is 4. The Labute approximate surface area is 168 Å². The molecule has 0 aliphatic heterocycles. The SMILES string of the molecule is CC(=O)c1cccc(-c2ccc3c(cnn3CC(=O)Nc3cc(C)nn3C)c2)c1. The summed E-state index contributed by atoms with van der Waals surface area (Å²) in [6.07, 6.45) is 1.75. The largest absolute Gasteiger partial charge is 0.309 e. The summed E-state index contributed by atoms with van der Waals surface area (Å²) in [7, 11) is 1.79.